The molecular weight excluding hydrogens is 320 g/mol. The molecule has 0 radical (unpaired) electrons. The topological polar surface area (TPSA) is 67.3 Å². The lowest BCUT2D eigenvalue weighted by Gasteiger charge is -2.18. The molecule has 1 amide bonds. The van der Waals surface area contributed by atoms with Crippen molar-refractivity contribution in [3.63, 3.8) is 0 Å². The highest BCUT2D eigenvalue weighted by atomic mass is 79.9. The fraction of sp³-hybridized carbons (Fsp3) is 0.455. The van der Waals surface area contributed by atoms with Gasteiger partial charge in [-0.05, 0) is 35.8 Å². The lowest BCUT2D eigenvalue weighted by atomic mass is 10.5. The van der Waals surface area contributed by atoms with Gasteiger partial charge in [-0.25, -0.2) is 8.42 Å². The third-order valence-corrected chi connectivity index (χ3v) is 4.47. The van der Waals surface area contributed by atoms with E-state index in [9.17, 15) is 13.2 Å². The van der Waals surface area contributed by atoms with Gasteiger partial charge >= 0.3 is 0 Å². The first-order chi connectivity index (χ1) is 8.40. The number of nitrogens with zero attached hydrogens (tertiary/aromatic N) is 2. The zero-order valence-electron chi connectivity index (χ0n) is 10.3. The molecule has 100 valence electrons. The van der Waals surface area contributed by atoms with Crippen LogP contribution in [0.1, 0.15) is 13.8 Å². The highest BCUT2D eigenvalue weighted by Crippen LogP contribution is 2.16. The molecular formula is C11H15BrN2O3S. The number of aromatic nitrogens is 1. The van der Waals surface area contributed by atoms with Gasteiger partial charge in [-0.2, -0.15) is 0 Å². The van der Waals surface area contributed by atoms with Crippen LogP contribution in [0.5, 0.6) is 0 Å². The predicted octanol–water partition coefficient (Wildman–Crippen LogP) is 1.49. The average molecular weight is 335 g/mol. The largest absolute Gasteiger partial charge is 0.342 e. The van der Waals surface area contributed by atoms with Crippen molar-refractivity contribution >= 4 is 31.7 Å². The fourth-order valence-corrected chi connectivity index (χ4v) is 3.19. The normalized spacial score (nSPS) is 11.3. The van der Waals surface area contributed by atoms with Crippen molar-refractivity contribution in [1.82, 2.24) is 9.88 Å². The second-order valence-electron chi connectivity index (χ2n) is 3.66. The summed E-state index contributed by atoms with van der Waals surface area (Å²) in [4.78, 5) is 17.1. The fourth-order valence-electron chi connectivity index (χ4n) is 1.48. The lowest BCUT2D eigenvalue weighted by molar-refractivity contribution is -0.128. The first-order valence-corrected chi connectivity index (χ1v) is 7.96. The van der Waals surface area contributed by atoms with Crippen LogP contribution in [0, 0.1) is 0 Å². The highest BCUT2D eigenvalue weighted by Gasteiger charge is 2.22. The van der Waals surface area contributed by atoms with E-state index in [-0.39, 0.29) is 10.8 Å². The van der Waals surface area contributed by atoms with E-state index in [2.05, 4.69) is 20.9 Å². The standard InChI is InChI=1S/C11H15BrN2O3S/c1-3-14(4-2)11(15)8-18(16,17)10-5-9(12)6-13-7-10/h5-7H,3-4,8H2,1-2H3. The minimum atomic E-state index is -3.63. The Balaban J connectivity index is 2.92. The average Bonchev–Trinajstić information content (AvgIpc) is 2.30. The third kappa shape index (κ3) is 3.78. The van der Waals surface area contributed by atoms with E-state index in [4.69, 9.17) is 0 Å². The van der Waals surface area contributed by atoms with E-state index in [1.165, 1.54) is 23.4 Å². The van der Waals surface area contributed by atoms with E-state index in [0.29, 0.717) is 17.6 Å². The second kappa shape index (κ2) is 6.29. The number of sulfone groups is 1. The summed E-state index contributed by atoms with van der Waals surface area (Å²) in [5, 5.41) is 0. The molecule has 0 saturated carbocycles. The molecule has 0 bridgehead atoms. The van der Waals surface area contributed by atoms with E-state index in [0.717, 1.165) is 0 Å². The molecule has 0 aliphatic carbocycles. The smallest absolute Gasteiger partial charge is 0.238 e. The first kappa shape index (κ1) is 15.1. The van der Waals surface area contributed by atoms with Gasteiger partial charge in [0.15, 0.2) is 9.84 Å². The zero-order valence-corrected chi connectivity index (χ0v) is 12.7. The van der Waals surface area contributed by atoms with E-state index in [1.807, 2.05) is 13.8 Å². The molecule has 1 aromatic rings. The van der Waals surface area contributed by atoms with Crippen molar-refractivity contribution in [1.29, 1.82) is 0 Å². The number of hydrogen-bond donors (Lipinski definition) is 0. The second-order valence-corrected chi connectivity index (χ2v) is 6.57. The number of carbonyl (C=O) groups is 1. The number of halogens is 1. The van der Waals surface area contributed by atoms with Crippen LogP contribution in [-0.4, -0.2) is 43.1 Å². The Hall–Kier alpha value is -0.950. The molecule has 0 spiro atoms. The van der Waals surface area contributed by atoms with Crippen LogP contribution >= 0.6 is 15.9 Å². The maximum Gasteiger partial charge on any atom is 0.238 e. The molecule has 0 unspecified atom stereocenters. The summed E-state index contributed by atoms with van der Waals surface area (Å²) in [6.07, 6.45) is 2.74. The Kier molecular flexibility index (Phi) is 5.28. The maximum atomic E-state index is 12.0. The van der Waals surface area contributed by atoms with Crippen molar-refractivity contribution in [2.24, 2.45) is 0 Å². The molecule has 0 N–H and O–H groups in total. The van der Waals surface area contributed by atoms with Crippen LogP contribution in [0.3, 0.4) is 0 Å². The number of pyridine rings is 1. The zero-order chi connectivity index (χ0) is 13.8. The molecule has 1 aromatic heterocycles. The molecule has 0 saturated heterocycles. The van der Waals surface area contributed by atoms with Gasteiger partial charge in [0.1, 0.15) is 5.75 Å². The summed E-state index contributed by atoms with van der Waals surface area (Å²) in [7, 11) is -3.63. The highest BCUT2D eigenvalue weighted by molar-refractivity contribution is 9.10. The van der Waals surface area contributed by atoms with Crippen LogP contribution < -0.4 is 0 Å². The minimum absolute atomic E-state index is 0.0531. The third-order valence-electron chi connectivity index (χ3n) is 2.47. The summed E-state index contributed by atoms with van der Waals surface area (Å²) >= 11 is 3.15. The van der Waals surface area contributed by atoms with Crippen LogP contribution in [0.15, 0.2) is 27.8 Å². The molecule has 0 atom stereocenters. The summed E-state index contributed by atoms with van der Waals surface area (Å²) in [6.45, 7) is 4.63. The Morgan fingerprint density at radius 2 is 1.94 bits per heavy atom. The van der Waals surface area contributed by atoms with Crippen LogP contribution in [0.2, 0.25) is 0 Å². The van der Waals surface area contributed by atoms with Crippen LogP contribution in [-0.2, 0) is 14.6 Å². The quantitative estimate of drug-likeness (QED) is 0.818. The SMILES string of the molecule is CCN(CC)C(=O)CS(=O)(=O)c1cncc(Br)c1. The van der Waals surface area contributed by atoms with Gasteiger partial charge in [0, 0.05) is 30.0 Å². The molecule has 18 heavy (non-hydrogen) atoms. The Morgan fingerprint density at radius 1 is 1.33 bits per heavy atom. The van der Waals surface area contributed by atoms with Gasteiger partial charge in [-0.1, -0.05) is 0 Å². The number of amides is 1. The van der Waals surface area contributed by atoms with Gasteiger partial charge in [0.05, 0.1) is 4.90 Å². The number of rotatable bonds is 5. The van der Waals surface area contributed by atoms with E-state index in [1.54, 1.807) is 0 Å². The van der Waals surface area contributed by atoms with E-state index >= 15 is 0 Å². The van der Waals surface area contributed by atoms with Crippen molar-refractivity contribution in [2.45, 2.75) is 18.7 Å². The van der Waals surface area contributed by atoms with E-state index < -0.39 is 15.6 Å². The summed E-state index contributed by atoms with van der Waals surface area (Å²) < 4.78 is 24.6. The molecule has 1 rings (SSSR count). The van der Waals surface area contributed by atoms with Crippen LogP contribution in [0.25, 0.3) is 0 Å². The van der Waals surface area contributed by atoms with Crippen molar-refractivity contribution in [3.05, 3.63) is 22.9 Å². The predicted molar refractivity (Wildman–Crippen MR) is 71.9 cm³/mol. The Morgan fingerprint density at radius 3 is 2.44 bits per heavy atom. The molecule has 0 fully saturated rings. The van der Waals surface area contributed by atoms with Gasteiger partial charge in [0.25, 0.3) is 0 Å². The number of carbonyl (C=O) groups excluding carboxylic acids is 1. The number of hydrogen-bond acceptors (Lipinski definition) is 4. The molecule has 0 aromatic carbocycles. The molecule has 7 heteroatoms. The minimum Gasteiger partial charge on any atom is -0.342 e. The first-order valence-electron chi connectivity index (χ1n) is 5.51. The molecule has 0 aliphatic rings. The van der Waals surface area contributed by atoms with Gasteiger partial charge in [-0.15, -0.1) is 0 Å². The summed E-state index contributed by atoms with van der Waals surface area (Å²) in [6, 6.07) is 1.44. The Bertz CT molecular complexity index is 527. The summed E-state index contributed by atoms with van der Waals surface area (Å²) in [5.74, 6) is -0.910. The molecule has 0 aliphatic heterocycles. The lowest BCUT2D eigenvalue weighted by Crippen LogP contribution is -2.35. The van der Waals surface area contributed by atoms with Gasteiger partial charge < -0.3 is 4.90 Å². The maximum absolute atomic E-state index is 12.0. The van der Waals surface area contributed by atoms with Crippen molar-refractivity contribution in [2.75, 3.05) is 18.8 Å². The van der Waals surface area contributed by atoms with Gasteiger partial charge in [0.2, 0.25) is 5.91 Å². The molecule has 5 nitrogen and oxygen atoms in total. The Labute approximate surface area is 115 Å². The van der Waals surface area contributed by atoms with Crippen LogP contribution in [0.4, 0.5) is 0 Å². The van der Waals surface area contributed by atoms with Crippen molar-refractivity contribution < 1.29 is 13.2 Å². The summed E-state index contributed by atoms with van der Waals surface area (Å²) in [5.41, 5.74) is 0. The van der Waals surface area contributed by atoms with Crippen molar-refractivity contribution in [3.8, 4) is 0 Å². The van der Waals surface area contributed by atoms with Gasteiger partial charge in [-0.3, -0.25) is 9.78 Å². The molecule has 1 heterocycles. The monoisotopic (exact) mass is 334 g/mol.